The van der Waals surface area contributed by atoms with Crippen LogP contribution in [0, 0.1) is 0 Å². The van der Waals surface area contributed by atoms with Gasteiger partial charge in [-0.05, 0) is 26.7 Å². The van der Waals surface area contributed by atoms with Crippen LogP contribution in [0.1, 0.15) is 52.9 Å². The van der Waals surface area contributed by atoms with E-state index in [2.05, 4.69) is 13.0 Å². The first-order valence-corrected chi connectivity index (χ1v) is 8.33. The average molecular weight is 278 g/mol. The molecule has 0 aliphatic rings. The minimum atomic E-state index is -3.34. The van der Waals surface area contributed by atoms with E-state index in [1.807, 2.05) is 6.08 Å². The summed E-state index contributed by atoms with van der Waals surface area (Å²) in [6.07, 6.45) is 9.95. The van der Waals surface area contributed by atoms with Crippen molar-refractivity contribution >= 4 is 7.82 Å². The van der Waals surface area contributed by atoms with Crippen molar-refractivity contribution < 1.29 is 18.1 Å². The van der Waals surface area contributed by atoms with E-state index in [4.69, 9.17) is 13.6 Å². The fourth-order valence-electron chi connectivity index (χ4n) is 1.44. The van der Waals surface area contributed by atoms with Gasteiger partial charge in [0, 0.05) is 0 Å². The smallest absolute Gasteiger partial charge is 0.287 e. The molecule has 0 aliphatic carbocycles. The lowest BCUT2D eigenvalue weighted by molar-refractivity contribution is 0.131. The largest absolute Gasteiger partial charge is 0.475 e. The first kappa shape index (κ1) is 17.8. The quantitative estimate of drug-likeness (QED) is 0.294. The van der Waals surface area contributed by atoms with Crippen molar-refractivity contribution in [1.82, 2.24) is 0 Å². The zero-order valence-corrected chi connectivity index (χ0v) is 12.8. The highest BCUT2D eigenvalue weighted by Crippen LogP contribution is 2.49. The first-order valence-electron chi connectivity index (χ1n) is 6.87. The van der Waals surface area contributed by atoms with E-state index in [1.54, 1.807) is 13.8 Å². The number of phosphoric acid groups is 1. The zero-order valence-electron chi connectivity index (χ0n) is 11.9. The molecule has 108 valence electrons. The van der Waals surface area contributed by atoms with E-state index in [9.17, 15) is 4.57 Å². The number of allylic oxidation sites excluding steroid dienone is 1. The Bertz CT molecular complexity index is 243. The van der Waals surface area contributed by atoms with Crippen LogP contribution in [0.2, 0.25) is 0 Å². The maximum Gasteiger partial charge on any atom is 0.475 e. The van der Waals surface area contributed by atoms with Gasteiger partial charge in [-0.3, -0.25) is 13.6 Å². The second kappa shape index (κ2) is 11.9. The van der Waals surface area contributed by atoms with Crippen LogP contribution in [-0.4, -0.2) is 19.8 Å². The Morgan fingerprint density at radius 3 is 2.11 bits per heavy atom. The molecule has 0 atom stereocenters. The van der Waals surface area contributed by atoms with Crippen molar-refractivity contribution in [2.75, 3.05) is 19.8 Å². The molecule has 0 rings (SSSR count). The fraction of sp³-hybridized carbons (Fsp3) is 0.846. The molecule has 0 N–H and O–H groups in total. The average Bonchev–Trinajstić information content (AvgIpc) is 2.33. The van der Waals surface area contributed by atoms with Crippen molar-refractivity contribution in [1.29, 1.82) is 0 Å². The van der Waals surface area contributed by atoms with Crippen molar-refractivity contribution in [2.45, 2.75) is 52.9 Å². The predicted molar refractivity (Wildman–Crippen MR) is 74.7 cm³/mol. The minimum absolute atomic E-state index is 0.269. The Balaban J connectivity index is 3.71. The summed E-state index contributed by atoms with van der Waals surface area (Å²) in [5.41, 5.74) is 0. The van der Waals surface area contributed by atoms with E-state index in [0.29, 0.717) is 13.2 Å². The summed E-state index contributed by atoms with van der Waals surface area (Å²) in [5.74, 6) is 0. The number of phosphoric ester groups is 1. The molecule has 0 aromatic carbocycles. The minimum Gasteiger partial charge on any atom is -0.287 e. The molecule has 0 spiro atoms. The summed E-state index contributed by atoms with van der Waals surface area (Å²) in [4.78, 5) is 0. The number of hydrogen-bond donors (Lipinski definition) is 0. The van der Waals surface area contributed by atoms with Crippen LogP contribution >= 0.6 is 7.82 Å². The maximum absolute atomic E-state index is 11.9. The van der Waals surface area contributed by atoms with Gasteiger partial charge in [0.1, 0.15) is 0 Å². The molecule has 0 heterocycles. The van der Waals surface area contributed by atoms with E-state index < -0.39 is 7.82 Å². The van der Waals surface area contributed by atoms with Crippen LogP contribution in [0.25, 0.3) is 0 Å². The second-order valence-corrected chi connectivity index (χ2v) is 5.57. The van der Waals surface area contributed by atoms with E-state index in [1.165, 1.54) is 25.7 Å². The van der Waals surface area contributed by atoms with Crippen LogP contribution in [0.4, 0.5) is 0 Å². The highest BCUT2D eigenvalue weighted by atomic mass is 31.2. The molecular formula is C13H27O4P. The van der Waals surface area contributed by atoms with Gasteiger partial charge in [-0.25, -0.2) is 4.57 Å². The lowest BCUT2D eigenvalue weighted by Gasteiger charge is -2.14. The highest BCUT2D eigenvalue weighted by molar-refractivity contribution is 7.48. The SMILES string of the molecule is CCCCCC/C=C\COP(=O)(OCC)OCC. The molecule has 0 saturated carbocycles. The molecule has 5 heteroatoms. The first-order chi connectivity index (χ1) is 8.68. The molecule has 0 unspecified atom stereocenters. The van der Waals surface area contributed by atoms with Gasteiger partial charge in [0.2, 0.25) is 0 Å². The van der Waals surface area contributed by atoms with Gasteiger partial charge in [0.05, 0.1) is 19.8 Å². The normalized spacial score (nSPS) is 12.4. The van der Waals surface area contributed by atoms with Crippen LogP contribution < -0.4 is 0 Å². The molecule has 0 radical (unpaired) electrons. The van der Waals surface area contributed by atoms with Crippen molar-refractivity contribution in [2.24, 2.45) is 0 Å². The summed E-state index contributed by atoms with van der Waals surface area (Å²) < 4.78 is 27.1. The molecule has 0 bridgehead atoms. The third-order valence-corrected chi connectivity index (χ3v) is 3.91. The lowest BCUT2D eigenvalue weighted by Crippen LogP contribution is -2.00. The van der Waals surface area contributed by atoms with Crippen LogP contribution in [0.3, 0.4) is 0 Å². The van der Waals surface area contributed by atoms with Gasteiger partial charge in [-0.2, -0.15) is 0 Å². The molecule has 0 aromatic heterocycles. The number of rotatable bonds is 12. The van der Waals surface area contributed by atoms with Gasteiger partial charge in [-0.15, -0.1) is 0 Å². The third kappa shape index (κ3) is 9.84. The highest BCUT2D eigenvalue weighted by Gasteiger charge is 2.24. The Morgan fingerprint density at radius 1 is 0.889 bits per heavy atom. The van der Waals surface area contributed by atoms with Crippen LogP contribution in [-0.2, 0) is 18.1 Å². The summed E-state index contributed by atoms with van der Waals surface area (Å²) in [5, 5.41) is 0. The van der Waals surface area contributed by atoms with Crippen molar-refractivity contribution in [3.63, 3.8) is 0 Å². The number of hydrogen-bond acceptors (Lipinski definition) is 4. The predicted octanol–water partition coefficient (Wildman–Crippen LogP) is 4.71. The van der Waals surface area contributed by atoms with Gasteiger partial charge in [0.25, 0.3) is 0 Å². The topological polar surface area (TPSA) is 44.8 Å². The molecular weight excluding hydrogens is 251 g/mol. The molecule has 0 saturated heterocycles. The van der Waals surface area contributed by atoms with Gasteiger partial charge in [-0.1, -0.05) is 38.3 Å². The van der Waals surface area contributed by atoms with Gasteiger partial charge < -0.3 is 0 Å². The Hall–Kier alpha value is -0.150. The van der Waals surface area contributed by atoms with Crippen LogP contribution in [0.5, 0.6) is 0 Å². The van der Waals surface area contributed by atoms with E-state index in [0.717, 1.165) is 6.42 Å². The Morgan fingerprint density at radius 2 is 1.56 bits per heavy atom. The molecule has 0 aromatic rings. The van der Waals surface area contributed by atoms with Crippen molar-refractivity contribution in [3.8, 4) is 0 Å². The van der Waals surface area contributed by atoms with E-state index >= 15 is 0 Å². The molecule has 0 aliphatic heterocycles. The second-order valence-electron chi connectivity index (χ2n) is 3.90. The zero-order chi connectivity index (χ0) is 13.7. The molecule has 18 heavy (non-hydrogen) atoms. The summed E-state index contributed by atoms with van der Waals surface area (Å²) in [7, 11) is -3.34. The Kier molecular flexibility index (Phi) is 11.8. The third-order valence-electron chi connectivity index (χ3n) is 2.29. The maximum atomic E-state index is 11.9. The molecule has 4 nitrogen and oxygen atoms in total. The standard InChI is InChI=1S/C13H27O4P/c1-4-7-8-9-10-11-12-13-17-18(14,15-5-2)16-6-3/h11-12H,4-10,13H2,1-3H3/b12-11-. The summed E-state index contributed by atoms with van der Waals surface area (Å²) in [6.45, 7) is 6.63. The van der Waals surface area contributed by atoms with Gasteiger partial charge >= 0.3 is 7.82 Å². The summed E-state index contributed by atoms with van der Waals surface area (Å²) >= 11 is 0. The molecule has 0 amide bonds. The summed E-state index contributed by atoms with van der Waals surface area (Å²) in [6, 6.07) is 0. The Labute approximate surface area is 111 Å². The van der Waals surface area contributed by atoms with Crippen molar-refractivity contribution in [3.05, 3.63) is 12.2 Å². The monoisotopic (exact) mass is 278 g/mol. The lowest BCUT2D eigenvalue weighted by atomic mass is 10.1. The van der Waals surface area contributed by atoms with Crippen LogP contribution in [0.15, 0.2) is 12.2 Å². The van der Waals surface area contributed by atoms with Gasteiger partial charge in [0.15, 0.2) is 0 Å². The number of unbranched alkanes of at least 4 members (excludes halogenated alkanes) is 4. The molecule has 0 fully saturated rings. The van der Waals surface area contributed by atoms with E-state index in [-0.39, 0.29) is 6.61 Å². The fourth-order valence-corrected chi connectivity index (χ4v) is 2.56.